The lowest BCUT2D eigenvalue weighted by Gasteiger charge is -2.45. The highest BCUT2D eigenvalue weighted by Gasteiger charge is 2.46. The number of hydrogen-bond donors (Lipinski definition) is 0. The van der Waals surface area contributed by atoms with E-state index in [2.05, 4.69) is 12.7 Å². The first-order valence-corrected chi connectivity index (χ1v) is 9.37. The van der Waals surface area contributed by atoms with Gasteiger partial charge in [0.2, 0.25) is 0 Å². The number of ether oxygens (including phenoxy) is 1. The van der Waals surface area contributed by atoms with Crippen LogP contribution in [0, 0.1) is 23.7 Å². The highest BCUT2D eigenvalue weighted by atomic mass is 19.1. The molecule has 0 aromatic heterocycles. The number of hydrogen-bond acceptors (Lipinski definition) is 1. The predicted molar refractivity (Wildman–Crippen MR) is 94.0 cm³/mol. The van der Waals surface area contributed by atoms with Gasteiger partial charge in [-0.1, -0.05) is 18.2 Å². The lowest BCUT2D eigenvalue weighted by atomic mass is 9.65. The molecule has 0 spiro atoms. The van der Waals surface area contributed by atoms with E-state index in [1.165, 1.54) is 38.5 Å². The Kier molecular flexibility index (Phi) is 5.41. The number of allylic oxidation sites excluding steroid dienone is 3. The summed E-state index contributed by atoms with van der Waals surface area (Å²) >= 11 is 0. The molecule has 1 nitrogen and oxygen atoms in total. The minimum Gasteiger partial charge on any atom is -0.370 e. The molecule has 2 fully saturated rings. The maximum absolute atomic E-state index is 14.5. The van der Waals surface area contributed by atoms with Gasteiger partial charge in [0.05, 0.1) is 0 Å². The molecule has 3 aliphatic carbocycles. The molecule has 3 aliphatic rings. The molecule has 0 aromatic rings. The molecule has 0 N–H and O–H groups in total. The van der Waals surface area contributed by atoms with E-state index in [1.54, 1.807) is 19.3 Å². The zero-order chi connectivity index (χ0) is 16.3. The fraction of sp³-hybridized carbons (Fsp3) is 0.714. The van der Waals surface area contributed by atoms with Crippen LogP contribution >= 0.6 is 0 Å². The van der Waals surface area contributed by atoms with Crippen molar-refractivity contribution in [1.82, 2.24) is 0 Å². The molecule has 0 heterocycles. The Morgan fingerprint density at radius 3 is 2.13 bits per heavy atom. The van der Waals surface area contributed by atoms with Crippen molar-refractivity contribution in [3.63, 3.8) is 0 Å². The van der Waals surface area contributed by atoms with Crippen molar-refractivity contribution in [3.05, 3.63) is 37.0 Å². The van der Waals surface area contributed by atoms with Gasteiger partial charge in [-0.15, -0.1) is 6.58 Å². The van der Waals surface area contributed by atoms with E-state index in [1.807, 2.05) is 12.2 Å². The Morgan fingerprint density at radius 1 is 1.00 bits per heavy atom. The van der Waals surface area contributed by atoms with E-state index in [0.29, 0.717) is 5.92 Å². The van der Waals surface area contributed by atoms with Gasteiger partial charge in [-0.3, -0.25) is 0 Å². The van der Waals surface area contributed by atoms with Crippen molar-refractivity contribution in [2.45, 2.75) is 63.1 Å². The normalized spacial score (nSPS) is 44.2. The molecule has 2 saturated carbocycles. The summed E-state index contributed by atoms with van der Waals surface area (Å²) in [5.41, 5.74) is -0.722. The van der Waals surface area contributed by atoms with Crippen LogP contribution in [-0.4, -0.2) is 18.9 Å². The van der Waals surface area contributed by atoms with E-state index in [0.717, 1.165) is 30.6 Å². The fourth-order valence-corrected chi connectivity index (χ4v) is 5.21. The first kappa shape index (κ1) is 17.0. The highest BCUT2D eigenvalue weighted by Crippen LogP contribution is 2.46. The van der Waals surface area contributed by atoms with Gasteiger partial charge in [0.1, 0.15) is 5.60 Å². The summed E-state index contributed by atoms with van der Waals surface area (Å²) in [5.74, 6) is 2.77. The van der Waals surface area contributed by atoms with Crippen molar-refractivity contribution >= 4 is 0 Å². The zero-order valence-electron chi connectivity index (χ0n) is 14.4. The molecule has 128 valence electrons. The molecule has 0 aromatic carbocycles. The van der Waals surface area contributed by atoms with Crippen LogP contribution in [0.4, 0.5) is 4.39 Å². The van der Waals surface area contributed by atoms with Crippen LogP contribution < -0.4 is 0 Å². The minimum atomic E-state index is -1.01. The lowest BCUT2D eigenvalue weighted by molar-refractivity contribution is -0.0769. The third-order valence-corrected chi connectivity index (χ3v) is 6.76. The van der Waals surface area contributed by atoms with E-state index >= 15 is 0 Å². The molecule has 23 heavy (non-hydrogen) atoms. The Bertz CT molecular complexity index is 452. The quantitative estimate of drug-likeness (QED) is 0.610. The lowest BCUT2D eigenvalue weighted by Crippen LogP contribution is -2.48. The first-order chi connectivity index (χ1) is 11.2. The van der Waals surface area contributed by atoms with Crippen molar-refractivity contribution in [2.24, 2.45) is 23.7 Å². The van der Waals surface area contributed by atoms with Gasteiger partial charge in [0.25, 0.3) is 0 Å². The monoisotopic (exact) mass is 318 g/mol. The summed E-state index contributed by atoms with van der Waals surface area (Å²) in [7, 11) is 1.67. The Morgan fingerprint density at radius 2 is 1.61 bits per heavy atom. The van der Waals surface area contributed by atoms with Crippen molar-refractivity contribution in [2.75, 3.05) is 7.11 Å². The molecule has 0 aliphatic heterocycles. The summed E-state index contributed by atoms with van der Waals surface area (Å²) in [6, 6.07) is 0. The number of alkyl halides is 1. The summed E-state index contributed by atoms with van der Waals surface area (Å²) in [6.07, 6.45) is 18.5. The van der Waals surface area contributed by atoms with E-state index < -0.39 is 11.8 Å². The van der Waals surface area contributed by atoms with Crippen molar-refractivity contribution in [1.29, 1.82) is 0 Å². The van der Waals surface area contributed by atoms with Gasteiger partial charge in [-0.05, 0) is 87.2 Å². The molecule has 0 bridgehead atoms. The Hall–Kier alpha value is -0.890. The Balaban J connectivity index is 1.57. The molecule has 2 heteroatoms. The molecule has 2 unspecified atom stereocenters. The maximum atomic E-state index is 14.5. The largest absolute Gasteiger partial charge is 0.370 e. The number of methoxy groups -OCH3 is 1. The zero-order valence-corrected chi connectivity index (χ0v) is 14.4. The van der Waals surface area contributed by atoms with Crippen LogP contribution in [-0.2, 0) is 4.74 Å². The average molecular weight is 318 g/mol. The van der Waals surface area contributed by atoms with Gasteiger partial charge in [-0.2, -0.15) is 0 Å². The maximum Gasteiger partial charge on any atom is 0.151 e. The SMILES string of the molecule is C=C[C@H]1CC[C@H]([C@H]2CC[C@H](C3(OC)C=CC=CC3F)CC2)CC1. The van der Waals surface area contributed by atoms with E-state index in [9.17, 15) is 4.39 Å². The van der Waals surface area contributed by atoms with Crippen LogP contribution in [0.1, 0.15) is 51.4 Å². The predicted octanol–water partition coefficient (Wildman–Crippen LogP) is 5.63. The van der Waals surface area contributed by atoms with Crippen molar-refractivity contribution in [3.8, 4) is 0 Å². The molecule has 0 amide bonds. The second kappa shape index (κ2) is 7.34. The highest BCUT2D eigenvalue weighted by molar-refractivity contribution is 5.25. The summed E-state index contributed by atoms with van der Waals surface area (Å²) in [6.45, 7) is 3.95. The van der Waals surface area contributed by atoms with Crippen molar-refractivity contribution < 1.29 is 9.13 Å². The van der Waals surface area contributed by atoms with Crippen LogP contribution in [0.2, 0.25) is 0 Å². The second-order valence-corrected chi connectivity index (χ2v) is 7.73. The Labute approximate surface area is 140 Å². The van der Waals surface area contributed by atoms with Crippen LogP contribution in [0.5, 0.6) is 0 Å². The average Bonchev–Trinajstić information content (AvgIpc) is 2.63. The van der Waals surface area contributed by atoms with Gasteiger partial charge < -0.3 is 4.74 Å². The van der Waals surface area contributed by atoms with E-state index in [-0.39, 0.29) is 0 Å². The molecular formula is C21H31FO. The van der Waals surface area contributed by atoms with Gasteiger partial charge in [-0.25, -0.2) is 4.39 Å². The topological polar surface area (TPSA) is 9.23 Å². The molecule has 3 rings (SSSR count). The first-order valence-electron chi connectivity index (χ1n) is 9.37. The summed E-state index contributed by atoms with van der Waals surface area (Å²) < 4.78 is 20.3. The fourth-order valence-electron chi connectivity index (χ4n) is 5.21. The molecule has 2 atom stereocenters. The summed E-state index contributed by atoms with van der Waals surface area (Å²) in [5, 5.41) is 0. The van der Waals surface area contributed by atoms with Crippen LogP contribution in [0.3, 0.4) is 0 Å². The molecular weight excluding hydrogens is 287 g/mol. The molecule has 0 radical (unpaired) electrons. The van der Waals surface area contributed by atoms with Gasteiger partial charge >= 0.3 is 0 Å². The standard InChI is InChI=1S/C21H31FO/c1-3-16-7-9-17(10-8-16)18-11-13-19(14-12-18)21(23-2)15-5-4-6-20(21)22/h3-6,15-20H,1,7-14H2,2H3/t16-,17-,18-,19-,20?,21?. The summed E-state index contributed by atoms with van der Waals surface area (Å²) in [4.78, 5) is 0. The second-order valence-electron chi connectivity index (χ2n) is 7.73. The van der Waals surface area contributed by atoms with Crippen LogP contribution in [0.15, 0.2) is 37.0 Å². The number of rotatable bonds is 4. The third kappa shape index (κ3) is 3.33. The van der Waals surface area contributed by atoms with Crippen LogP contribution in [0.25, 0.3) is 0 Å². The minimum absolute atomic E-state index is 0.310. The number of halogens is 1. The van der Waals surface area contributed by atoms with E-state index in [4.69, 9.17) is 4.74 Å². The van der Waals surface area contributed by atoms with Gasteiger partial charge in [0, 0.05) is 7.11 Å². The smallest absolute Gasteiger partial charge is 0.151 e. The van der Waals surface area contributed by atoms with Gasteiger partial charge in [0.15, 0.2) is 6.17 Å². The molecule has 0 saturated heterocycles. The third-order valence-electron chi connectivity index (χ3n) is 6.76.